The van der Waals surface area contributed by atoms with Crippen molar-refractivity contribution in [3.05, 3.63) is 42.0 Å². The number of anilines is 1. The molecule has 6 nitrogen and oxygen atoms in total. The zero-order valence-corrected chi connectivity index (χ0v) is 19.1. The Morgan fingerprint density at radius 1 is 1.10 bits per heavy atom. The highest BCUT2D eigenvalue weighted by Crippen LogP contribution is 2.35. The molecule has 6 heterocycles. The molecule has 0 amide bonds. The summed E-state index contributed by atoms with van der Waals surface area (Å²) in [6.07, 6.45) is 12.6. The Kier molecular flexibility index (Phi) is 4.51. The summed E-state index contributed by atoms with van der Waals surface area (Å²) >= 11 is 1.78. The SMILES string of the molecule is Cc1cn2cc(-c3cc4sc(N(C)C5CC6CCCC(C5)N6)nc4cn3)cc(C)c2n1. The van der Waals surface area contributed by atoms with Gasteiger partial charge in [-0.15, -0.1) is 0 Å². The van der Waals surface area contributed by atoms with Gasteiger partial charge in [-0.25, -0.2) is 9.97 Å². The number of hydrogen-bond donors (Lipinski definition) is 1. The molecule has 31 heavy (non-hydrogen) atoms. The molecule has 0 radical (unpaired) electrons. The predicted octanol–water partition coefficient (Wildman–Crippen LogP) is 4.73. The highest BCUT2D eigenvalue weighted by Gasteiger charge is 2.33. The smallest absolute Gasteiger partial charge is 0.186 e. The maximum absolute atomic E-state index is 4.93. The van der Waals surface area contributed by atoms with Crippen molar-refractivity contribution in [3.63, 3.8) is 0 Å². The van der Waals surface area contributed by atoms with Crippen LogP contribution in [0.1, 0.15) is 43.4 Å². The maximum Gasteiger partial charge on any atom is 0.186 e. The Bertz CT molecular complexity index is 1260. The standard InChI is InChI=1S/C24H28N6S/c1-14-7-16(13-30-12-15(2)26-23(14)30)20-10-22-21(11-25-20)28-24(31-22)29(3)19-8-17-5-4-6-18(9-19)27-17/h7,10-13,17-19,27H,4-6,8-9H2,1-3H3. The number of nitrogens with one attached hydrogen (secondary N) is 1. The molecule has 2 saturated heterocycles. The van der Waals surface area contributed by atoms with Crippen LogP contribution >= 0.6 is 11.3 Å². The molecule has 1 N–H and O–H groups in total. The van der Waals surface area contributed by atoms with Crippen LogP contribution < -0.4 is 10.2 Å². The van der Waals surface area contributed by atoms with Gasteiger partial charge in [-0.05, 0) is 57.2 Å². The second-order valence-corrected chi connectivity index (χ2v) is 10.3. The largest absolute Gasteiger partial charge is 0.348 e. The first-order chi connectivity index (χ1) is 15.0. The second-order valence-electron chi connectivity index (χ2n) is 9.29. The number of aryl methyl sites for hydroxylation is 2. The van der Waals surface area contributed by atoms with E-state index in [1.165, 1.54) is 36.8 Å². The fraction of sp³-hybridized carbons (Fsp3) is 0.458. The average molecular weight is 433 g/mol. The molecule has 4 aromatic rings. The number of thiazole rings is 1. The van der Waals surface area contributed by atoms with Crippen LogP contribution in [-0.2, 0) is 0 Å². The van der Waals surface area contributed by atoms with E-state index < -0.39 is 0 Å². The molecule has 0 saturated carbocycles. The minimum Gasteiger partial charge on any atom is -0.348 e. The average Bonchev–Trinajstić information content (AvgIpc) is 3.35. The molecule has 2 unspecified atom stereocenters. The number of hydrogen-bond acceptors (Lipinski definition) is 6. The van der Waals surface area contributed by atoms with Crippen LogP contribution in [0, 0.1) is 13.8 Å². The van der Waals surface area contributed by atoms with Gasteiger partial charge in [-0.3, -0.25) is 4.98 Å². The van der Waals surface area contributed by atoms with Crippen molar-refractivity contribution in [1.29, 1.82) is 0 Å². The number of piperidine rings is 2. The molecular weight excluding hydrogens is 404 g/mol. The van der Waals surface area contributed by atoms with Crippen LogP contribution in [0.4, 0.5) is 5.13 Å². The number of pyridine rings is 2. The highest BCUT2D eigenvalue weighted by atomic mass is 32.1. The number of aromatic nitrogens is 4. The first-order valence-electron chi connectivity index (χ1n) is 11.3. The fourth-order valence-electron chi connectivity index (χ4n) is 5.37. The van der Waals surface area contributed by atoms with Crippen molar-refractivity contribution in [3.8, 4) is 11.3 Å². The van der Waals surface area contributed by atoms with Crippen LogP contribution in [0.15, 0.2) is 30.7 Å². The van der Waals surface area contributed by atoms with Gasteiger partial charge in [0, 0.05) is 43.1 Å². The normalized spacial score (nSPS) is 23.5. The fourth-order valence-corrected chi connectivity index (χ4v) is 6.37. The summed E-state index contributed by atoms with van der Waals surface area (Å²) in [6.45, 7) is 4.14. The molecule has 160 valence electrons. The Morgan fingerprint density at radius 3 is 2.71 bits per heavy atom. The first kappa shape index (κ1) is 19.2. The van der Waals surface area contributed by atoms with Gasteiger partial charge in [0.1, 0.15) is 11.2 Å². The van der Waals surface area contributed by atoms with Crippen molar-refractivity contribution in [2.45, 2.75) is 64.1 Å². The summed E-state index contributed by atoms with van der Waals surface area (Å²) < 4.78 is 3.30. The molecule has 4 aromatic heterocycles. The zero-order valence-electron chi connectivity index (χ0n) is 18.3. The molecule has 0 spiro atoms. The van der Waals surface area contributed by atoms with Gasteiger partial charge in [0.05, 0.1) is 22.3 Å². The van der Waals surface area contributed by atoms with Crippen molar-refractivity contribution in [2.24, 2.45) is 0 Å². The summed E-state index contributed by atoms with van der Waals surface area (Å²) in [7, 11) is 2.22. The van der Waals surface area contributed by atoms with Crippen LogP contribution in [0.5, 0.6) is 0 Å². The third-order valence-corrected chi connectivity index (χ3v) is 8.06. The summed E-state index contributed by atoms with van der Waals surface area (Å²) in [6, 6.07) is 6.28. The summed E-state index contributed by atoms with van der Waals surface area (Å²) in [5.74, 6) is 0. The molecule has 7 heteroatoms. The lowest BCUT2D eigenvalue weighted by molar-refractivity contribution is 0.219. The molecule has 0 aromatic carbocycles. The minimum atomic E-state index is 0.569. The van der Waals surface area contributed by atoms with Gasteiger partial charge in [0.15, 0.2) is 5.13 Å². The predicted molar refractivity (Wildman–Crippen MR) is 127 cm³/mol. The maximum atomic E-state index is 4.93. The Morgan fingerprint density at radius 2 is 1.90 bits per heavy atom. The van der Waals surface area contributed by atoms with Crippen molar-refractivity contribution < 1.29 is 0 Å². The van der Waals surface area contributed by atoms with Crippen LogP contribution in [0.3, 0.4) is 0 Å². The van der Waals surface area contributed by atoms with Gasteiger partial charge >= 0.3 is 0 Å². The molecule has 2 atom stereocenters. The molecule has 2 bridgehead atoms. The molecule has 6 rings (SSSR count). The topological polar surface area (TPSA) is 58.4 Å². The van der Waals surface area contributed by atoms with Gasteiger partial charge in [-0.2, -0.15) is 0 Å². The summed E-state index contributed by atoms with van der Waals surface area (Å²) in [5, 5.41) is 4.91. The van der Waals surface area contributed by atoms with Gasteiger partial charge in [0.25, 0.3) is 0 Å². The molecule has 2 fully saturated rings. The summed E-state index contributed by atoms with van der Waals surface area (Å²) in [5.41, 5.74) is 6.28. The summed E-state index contributed by atoms with van der Waals surface area (Å²) in [4.78, 5) is 16.7. The van der Waals surface area contributed by atoms with Gasteiger partial charge in [0.2, 0.25) is 0 Å². The quantitative estimate of drug-likeness (QED) is 0.507. The van der Waals surface area contributed by atoms with E-state index in [1.807, 2.05) is 13.1 Å². The van der Waals surface area contributed by atoms with Crippen LogP contribution in [0.25, 0.3) is 27.1 Å². The van der Waals surface area contributed by atoms with E-state index in [0.29, 0.717) is 18.1 Å². The van der Waals surface area contributed by atoms with Crippen molar-refractivity contribution in [2.75, 3.05) is 11.9 Å². The van der Waals surface area contributed by atoms with Gasteiger partial charge < -0.3 is 14.6 Å². The third kappa shape index (κ3) is 3.40. The van der Waals surface area contributed by atoms with E-state index in [1.54, 1.807) is 11.3 Å². The minimum absolute atomic E-state index is 0.569. The van der Waals surface area contributed by atoms with Crippen molar-refractivity contribution >= 4 is 32.3 Å². The van der Waals surface area contributed by atoms with E-state index in [2.05, 4.69) is 58.1 Å². The third-order valence-electron chi connectivity index (χ3n) is 6.95. The number of nitrogens with zero attached hydrogens (tertiary/aromatic N) is 5. The monoisotopic (exact) mass is 432 g/mol. The van der Waals surface area contributed by atoms with E-state index in [4.69, 9.17) is 9.97 Å². The lowest BCUT2D eigenvalue weighted by Crippen LogP contribution is -2.54. The number of fused-ring (bicyclic) bond motifs is 4. The van der Waals surface area contributed by atoms with Crippen molar-refractivity contribution in [1.82, 2.24) is 24.7 Å². The van der Waals surface area contributed by atoms with E-state index in [0.717, 1.165) is 38.8 Å². The van der Waals surface area contributed by atoms with E-state index in [9.17, 15) is 0 Å². The van der Waals surface area contributed by atoms with Crippen LogP contribution in [0.2, 0.25) is 0 Å². The zero-order chi connectivity index (χ0) is 21.1. The lowest BCUT2D eigenvalue weighted by atomic mass is 9.83. The molecular formula is C24H28N6S. The Labute approximate surface area is 186 Å². The van der Waals surface area contributed by atoms with E-state index >= 15 is 0 Å². The first-order valence-corrected chi connectivity index (χ1v) is 12.1. The number of imidazole rings is 1. The lowest BCUT2D eigenvalue weighted by Gasteiger charge is -2.43. The van der Waals surface area contributed by atoms with Crippen LogP contribution in [-0.4, -0.2) is 44.5 Å². The molecule has 0 aliphatic carbocycles. The Balaban J connectivity index is 1.32. The second kappa shape index (κ2) is 7.28. The highest BCUT2D eigenvalue weighted by molar-refractivity contribution is 7.22. The van der Waals surface area contributed by atoms with E-state index in [-0.39, 0.29) is 0 Å². The molecule has 2 aliphatic heterocycles. The molecule has 2 aliphatic rings. The Hall–Kier alpha value is -2.51. The number of rotatable bonds is 3. The van der Waals surface area contributed by atoms with Gasteiger partial charge in [-0.1, -0.05) is 17.8 Å².